The highest BCUT2D eigenvalue weighted by molar-refractivity contribution is 6.32. The highest BCUT2D eigenvalue weighted by atomic mass is 35.5. The Morgan fingerprint density at radius 2 is 1.86 bits per heavy atom. The third-order valence-corrected chi connectivity index (χ3v) is 3.00. The number of phenols is 1. The van der Waals surface area contributed by atoms with Crippen molar-refractivity contribution in [2.24, 2.45) is 0 Å². The molecule has 2 rings (SSSR count). The van der Waals surface area contributed by atoms with Gasteiger partial charge in [-0.15, -0.1) is 0 Å². The quantitative estimate of drug-likeness (QED) is 0.894. The van der Waals surface area contributed by atoms with Gasteiger partial charge in [0.05, 0.1) is 11.1 Å². The lowest BCUT2D eigenvalue weighted by Gasteiger charge is -2.11. The van der Waals surface area contributed by atoms with Crippen LogP contribution in [0.5, 0.6) is 11.5 Å². The Labute approximate surface area is 128 Å². The predicted molar refractivity (Wildman–Crippen MR) is 83.3 cm³/mol. The first kappa shape index (κ1) is 15.2. The molecule has 0 fully saturated rings. The first-order valence-electron chi connectivity index (χ1n) is 6.52. The Morgan fingerprint density at radius 3 is 2.43 bits per heavy atom. The van der Waals surface area contributed by atoms with Crippen LogP contribution in [0.2, 0.25) is 5.02 Å². The van der Waals surface area contributed by atoms with Crippen molar-refractivity contribution in [3.8, 4) is 11.5 Å². The number of anilines is 1. The zero-order valence-corrected chi connectivity index (χ0v) is 12.5. The average Bonchev–Trinajstić information content (AvgIpc) is 2.43. The van der Waals surface area contributed by atoms with Gasteiger partial charge < -0.3 is 15.2 Å². The molecule has 0 aliphatic heterocycles. The van der Waals surface area contributed by atoms with Crippen molar-refractivity contribution in [2.45, 2.75) is 20.0 Å². The summed E-state index contributed by atoms with van der Waals surface area (Å²) >= 11 is 5.78. The first-order chi connectivity index (χ1) is 9.95. The lowest BCUT2D eigenvalue weighted by molar-refractivity contribution is 0.102. The van der Waals surface area contributed by atoms with E-state index in [9.17, 15) is 9.90 Å². The number of phenolic OH excluding ortho intramolecular Hbond substituents is 1. The van der Waals surface area contributed by atoms with E-state index in [0.29, 0.717) is 11.3 Å². The summed E-state index contributed by atoms with van der Waals surface area (Å²) in [4.78, 5) is 12.1. The molecule has 0 radical (unpaired) electrons. The van der Waals surface area contributed by atoms with Crippen molar-refractivity contribution >= 4 is 23.2 Å². The van der Waals surface area contributed by atoms with E-state index in [1.54, 1.807) is 24.3 Å². The zero-order valence-electron chi connectivity index (χ0n) is 11.8. The first-order valence-corrected chi connectivity index (χ1v) is 6.90. The number of amides is 1. The van der Waals surface area contributed by atoms with Crippen molar-refractivity contribution < 1.29 is 14.6 Å². The number of carbonyl (C=O) groups excluding carboxylic acids is 1. The molecular formula is C16H16ClNO3. The summed E-state index contributed by atoms with van der Waals surface area (Å²) < 4.78 is 5.53. The van der Waals surface area contributed by atoms with E-state index in [2.05, 4.69) is 5.32 Å². The highest BCUT2D eigenvalue weighted by Gasteiger charge is 2.09. The smallest absolute Gasteiger partial charge is 0.255 e. The van der Waals surface area contributed by atoms with E-state index in [1.165, 1.54) is 18.2 Å². The minimum Gasteiger partial charge on any atom is -0.506 e. The monoisotopic (exact) mass is 305 g/mol. The van der Waals surface area contributed by atoms with Crippen LogP contribution in [0.1, 0.15) is 24.2 Å². The van der Waals surface area contributed by atoms with Crippen molar-refractivity contribution in [3.63, 3.8) is 0 Å². The number of halogens is 1. The van der Waals surface area contributed by atoms with Crippen LogP contribution in [0.3, 0.4) is 0 Å². The topological polar surface area (TPSA) is 58.6 Å². The Kier molecular flexibility index (Phi) is 4.70. The van der Waals surface area contributed by atoms with E-state index in [-0.39, 0.29) is 22.8 Å². The minimum atomic E-state index is -0.297. The fraction of sp³-hybridized carbons (Fsp3) is 0.188. The number of nitrogens with one attached hydrogen (secondary N) is 1. The standard InChI is InChI=1S/C16H16ClNO3/c1-10(2)21-13-6-4-12(5-7-13)18-16(20)11-3-8-15(19)14(17)9-11/h3-10,19H,1-2H3,(H,18,20). The molecule has 5 heteroatoms. The lowest BCUT2D eigenvalue weighted by Crippen LogP contribution is -2.12. The van der Waals surface area contributed by atoms with Crippen molar-refractivity contribution in [1.82, 2.24) is 0 Å². The predicted octanol–water partition coefficient (Wildman–Crippen LogP) is 4.09. The van der Waals surface area contributed by atoms with Gasteiger partial charge in [0, 0.05) is 11.3 Å². The molecular weight excluding hydrogens is 290 g/mol. The Morgan fingerprint density at radius 1 is 1.19 bits per heavy atom. The Balaban J connectivity index is 2.06. The molecule has 0 heterocycles. The Hall–Kier alpha value is -2.20. The number of carbonyl (C=O) groups is 1. The molecule has 0 saturated carbocycles. The molecule has 0 spiro atoms. The molecule has 1 amide bonds. The summed E-state index contributed by atoms with van der Waals surface area (Å²) in [6.45, 7) is 3.90. The molecule has 0 aliphatic rings. The fourth-order valence-corrected chi connectivity index (χ4v) is 1.92. The normalized spacial score (nSPS) is 10.5. The fourth-order valence-electron chi connectivity index (χ4n) is 1.74. The maximum atomic E-state index is 12.1. The van der Waals surface area contributed by atoms with Crippen molar-refractivity contribution in [1.29, 1.82) is 0 Å². The average molecular weight is 306 g/mol. The van der Waals surface area contributed by atoms with Crippen molar-refractivity contribution in [3.05, 3.63) is 53.1 Å². The van der Waals surface area contributed by atoms with Crippen LogP contribution in [0.4, 0.5) is 5.69 Å². The largest absolute Gasteiger partial charge is 0.506 e. The van der Waals surface area contributed by atoms with Crippen LogP contribution in [0.25, 0.3) is 0 Å². The van der Waals surface area contributed by atoms with Crippen LogP contribution in [-0.2, 0) is 0 Å². The second-order valence-electron chi connectivity index (χ2n) is 4.81. The van der Waals surface area contributed by atoms with Gasteiger partial charge in [0.25, 0.3) is 5.91 Å². The van der Waals surface area contributed by atoms with E-state index < -0.39 is 0 Å². The zero-order chi connectivity index (χ0) is 15.4. The molecule has 0 bridgehead atoms. The third kappa shape index (κ3) is 4.13. The Bertz CT molecular complexity index is 638. The van der Waals surface area contributed by atoms with Crippen LogP contribution < -0.4 is 10.1 Å². The van der Waals surface area contributed by atoms with E-state index in [4.69, 9.17) is 16.3 Å². The van der Waals surface area contributed by atoms with Crippen molar-refractivity contribution in [2.75, 3.05) is 5.32 Å². The highest BCUT2D eigenvalue weighted by Crippen LogP contribution is 2.24. The van der Waals surface area contributed by atoms with Gasteiger partial charge >= 0.3 is 0 Å². The number of rotatable bonds is 4. The summed E-state index contributed by atoms with van der Waals surface area (Å²) in [7, 11) is 0. The minimum absolute atomic E-state index is 0.0524. The molecule has 0 unspecified atom stereocenters. The SMILES string of the molecule is CC(C)Oc1ccc(NC(=O)c2ccc(O)c(Cl)c2)cc1. The van der Waals surface area contributed by atoms with Gasteiger partial charge in [-0.2, -0.15) is 0 Å². The van der Waals surface area contributed by atoms with E-state index in [1.807, 2.05) is 13.8 Å². The number of benzene rings is 2. The number of hydrogen-bond donors (Lipinski definition) is 2. The van der Waals surface area contributed by atoms with Crippen LogP contribution in [0, 0.1) is 0 Å². The van der Waals surface area contributed by atoms with Gasteiger partial charge in [0.15, 0.2) is 0 Å². The van der Waals surface area contributed by atoms with Gasteiger partial charge in [-0.25, -0.2) is 0 Å². The molecule has 0 aromatic heterocycles. The summed E-state index contributed by atoms with van der Waals surface area (Å²) in [5.74, 6) is 0.397. The molecule has 110 valence electrons. The summed E-state index contributed by atoms with van der Waals surface area (Å²) in [5, 5.41) is 12.2. The molecule has 0 saturated heterocycles. The van der Waals surface area contributed by atoms with E-state index in [0.717, 1.165) is 5.75 Å². The number of aromatic hydroxyl groups is 1. The number of ether oxygens (including phenoxy) is 1. The maximum absolute atomic E-state index is 12.1. The van der Waals surface area contributed by atoms with E-state index >= 15 is 0 Å². The van der Waals surface area contributed by atoms with Gasteiger partial charge in [-0.1, -0.05) is 11.6 Å². The third-order valence-electron chi connectivity index (χ3n) is 2.69. The molecule has 0 atom stereocenters. The summed E-state index contributed by atoms with van der Waals surface area (Å²) in [6.07, 6.45) is 0.101. The lowest BCUT2D eigenvalue weighted by atomic mass is 10.2. The molecule has 2 aromatic rings. The molecule has 4 nitrogen and oxygen atoms in total. The number of hydrogen-bond acceptors (Lipinski definition) is 3. The van der Waals surface area contributed by atoms with Gasteiger partial charge in [-0.3, -0.25) is 4.79 Å². The van der Waals surface area contributed by atoms with Crippen LogP contribution in [-0.4, -0.2) is 17.1 Å². The van der Waals surface area contributed by atoms with Gasteiger partial charge in [-0.05, 0) is 56.3 Å². The van der Waals surface area contributed by atoms with Gasteiger partial charge in [0.2, 0.25) is 0 Å². The molecule has 0 aliphatic carbocycles. The second-order valence-corrected chi connectivity index (χ2v) is 5.22. The van der Waals surface area contributed by atoms with Crippen LogP contribution >= 0.6 is 11.6 Å². The van der Waals surface area contributed by atoms with Crippen LogP contribution in [0.15, 0.2) is 42.5 Å². The maximum Gasteiger partial charge on any atom is 0.255 e. The molecule has 21 heavy (non-hydrogen) atoms. The summed E-state index contributed by atoms with van der Waals surface area (Å²) in [6, 6.07) is 11.4. The summed E-state index contributed by atoms with van der Waals surface area (Å²) in [5.41, 5.74) is 1.03. The molecule has 2 aromatic carbocycles. The molecule has 2 N–H and O–H groups in total. The van der Waals surface area contributed by atoms with Gasteiger partial charge in [0.1, 0.15) is 11.5 Å². The second kappa shape index (κ2) is 6.50.